The van der Waals surface area contributed by atoms with Crippen molar-refractivity contribution in [2.24, 2.45) is 0 Å². The number of methoxy groups -OCH3 is 1. The van der Waals surface area contributed by atoms with Crippen molar-refractivity contribution in [2.45, 2.75) is 12.5 Å². The minimum absolute atomic E-state index is 0.190. The van der Waals surface area contributed by atoms with Crippen LogP contribution in [-0.2, 0) is 6.42 Å². The molecule has 0 spiro atoms. The van der Waals surface area contributed by atoms with E-state index in [1.165, 1.54) is 16.7 Å². The van der Waals surface area contributed by atoms with E-state index in [-0.39, 0.29) is 6.04 Å². The first-order valence-corrected chi connectivity index (χ1v) is 6.47. The minimum Gasteiger partial charge on any atom is -0.508 e. The maximum absolute atomic E-state index is 9.58. The lowest BCUT2D eigenvalue weighted by molar-refractivity contribution is 0.414. The van der Waals surface area contributed by atoms with Gasteiger partial charge in [0.2, 0.25) is 0 Å². The molecule has 1 atom stereocenters. The van der Waals surface area contributed by atoms with Crippen LogP contribution >= 0.6 is 0 Å². The van der Waals surface area contributed by atoms with Crippen LogP contribution in [0.2, 0.25) is 0 Å². The molecular weight excluding hydrogens is 238 g/mol. The summed E-state index contributed by atoms with van der Waals surface area (Å²) in [5.41, 5.74) is 3.68. The van der Waals surface area contributed by atoms with E-state index in [0.29, 0.717) is 5.75 Å². The highest BCUT2D eigenvalue weighted by Gasteiger charge is 2.21. The second-order valence-electron chi connectivity index (χ2n) is 4.79. The monoisotopic (exact) mass is 255 g/mol. The molecule has 0 radical (unpaired) electrons. The predicted octanol–water partition coefficient (Wildman–Crippen LogP) is 2.64. The zero-order valence-electron chi connectivity index (χ0n) is 10.9. The fourth-order valence-corrected chi connectivity index (χ4v) is 2.65. The van der Waals surface area contributed by atoms with Crippen LogP contribution in [0.5, 0.6) is 11.5 Å². The highest BCUT2D eigenvalue weighted by molar-refractivity contribution is 5.44. The number of phenols is 1. The maximum Gasteiger partial charge on any atom is 0.118 e. The molecule has 0 saturated heterocycles. The Kier molecular flexibility index (Phi) is 3.13. The van der Waals surface area contributed by atoms with Crippen LogP contribution < -0.4 is 10.1 Å². The first kappa shape index (κ1) is 12.1. The fourth-order valence-electron chi connectivity index (χ4n) is 2.65. The topological polar surface area (TPSA) is 41.5 Å². The zero-order chi connectivity index (χ0) is 13.2. The number of ether oxygens (including phenoxy) is 1. The Morgan fingerprint density at radius 2 is 1.95 bits per heavy atom. The number of nitrogens with one attached hydrogen (secondary N) is 1. The Morgan fingerprint density at radius 1 is 1.16 bits per heavy atom. The summed E-state index contributed by atoms with van der Waals surface area (Å²) in [5.74, 6) is 1.21. The van der Waals surface area contributed by atoms with Crippen LogP contribution in [0.25, 0.3) is 0 Å². The van der Waals surface area contributed by atoms with Gasteiger partial charge in [-0.25, -0.2) is 0 Å². The first-order chi connectivity index (χ1) is 9.28. The summed E-state index contributed by atoms with van der Waals surface area (Å²) in [4.78, 5) is 0. The number of aromatic hydroxyl groups is 1. The number of hydrogen-bond acceptors (Lipinski definition) is 3. The van der Waals surface area contributed by atoms with Crippen LogP contribution in [-0.4, -0.2) is 18.8 Å². The molecule has 0 aromatic heterocycles. The van der Waals surface area contributed by atoms with E-state index in [2.05, 4.69) is 17.4 Å². The summed E-state index contributed by atoms with van der Waals surface area (Å²) in [6.07, 6.45) is 0.955. The van der Waals surface area contributed by atoms with E-state index < -0.39 is 0 Å². The van der Waals surface area contributed by atoms with Crippen LogP contribution in [0.1, 0.15) is 22.7 Å². The summed E-state index contributed by atoms with van der Waals surface area (Å²) >= 11 is 0. The molecule has 3 rings (SSSR count). The standard InChI is InChI=1S/C16H17NO2/c1-19-14-5-2-11(3-6-14)16-15-7-4-13(18)10-12(15)8-9-17-16/h2-7,10,16-18H,8-9H2,1H3. The molecule has 1 aliphatic rings. The van der Waals surface area contributed by atoms with Gasteiger partial charge in [-0.15, -0.1) is 0 Å². The summed E-state index contributed by atoms with van der Waals surface area (Å²) < 4.78 is 5.19. The minimum atomic E-state index is 0.190. The number of hydrogen-bond donors (Lipinski definition) is 2. The molecule has 1 aliphatic heterocycles. The summed E-state index contributed by atoms with van der Waals surface area (Å²) in [7, 11) is 1.67. The molecule has 2 N–H and O–H groups in total. The number of benzene rings is 2. The maximum atomic E-state index is 9.58. The Labute approximate surface area is 112 Å². The van der Waals surface area contributed by atoms with Gasteiger partial charge < -0.3 is 15.2 Å². The van der Waals surface area contributed by atoms with E-state index in [4.69, 9.17) is 4.74 Å². The molecule has 0 saturated carbocycles. The summed E-state index contributed by atoms with van der Waals surface area (Å²) in [6, 6.07) is 13.9. The molecule has 3 nitrogen and oxygen atoms in total. The normalized spacial score (nSPS) is 17.8. The number of fused-ring (bicyclic) bond motifs is 1. The van der Waals surface area contributed by atoms with Crippen molar-refractivity contribution in [3.63, 3.8) is 0 Å². The molecule has 1 unspecified atom stereocenters. The fraction of sp³-hybridized carbons (Fsp3) is 0.250. The summed E-state index contributed by atoms with van der Waals surface area (Å²) in [6.45, 7) is 0.924. The van der Waals surface area contributed by atoms with Gasteiger partial charge in [0.05, 0.1) is 13.2 Å². The van der Waals surface area contributed by atoms with Gasteiger partial charge in [0.1, 0.15) is 11.5 Å². The third-order valence-corrected chi connectivity index (χ3v) is 3.63. The lowest BCUT2D eigenvalue weighted by atomic mass is 9.90. The predicted molar refractivity (Wildman–Crippen MR) is 74.7 cm³/mol. The molecule has 0 aliphatic carbocycles. The third-order valence-electron chi connectivity index (χ3n) is 3.63. The van der Waals surface area contributed by atoms with Crippen LogP contribution in [0.3, 0.4) is 0 Å². The third kappa shape index (κ3) is 2.29. The second-order valence-corrected chi connectivity index (χ2v) is 4.79. The summed E-state index contributed by atoms with van der Waals surface area (Å²) in [5, 5.41) is 13.1. The number of rotatable bonds is 2. The average molecular weight is 255 g/mol. The van der Waals surface area contributed by atoms with Crippen molar-refractivity contribution < 1.29 is 9.84 Å². The van der Waals surface area contributed by atoms with E-state index in [0.717, 1.165) is 18.7 Å². The number of phenolic OH excluding ortho intramolecular Hbond substituents is 1. The van der Waals surface area contributed by atoms with Gasteiger partial charge in [-0.2, -0.15) is 0 Å². The lowest BCUT2D eigenvalue weighted by Gasteiger charge is -2.27. The Balaban J connectivity index is 1.98. The van der Waals surface area contributed by atoms with Gasteiger partial charge in [-0.1, -0.05) is 18.2 Å². The van der Waals surface area contributed by atoms with Gasteiger partial charge in [-0.05, 0) is 47.4 Å². The molecule has 0 fully saturated rings. The van der Waals surface area contributed by atoms with Crippen LogP contribution in [0, 0.1) is 0 Å². The van der Waals surface area contributed by atoms with Crippen LogP contribution in [0.15, 0.2) is 42.5 Å². The Hall–Kier alpha value is -2.00. The van der Waals surface area contributed by atoms with Crippen LogP contribution in [0.4, 0.5) is 0 Å². The van der Waals surface area contributed by atoms with E-state index in [1.54, 1.807) is 13.2 Å². The molecule has 1 heterocycles. The lowest BCUT2D eigenvalue weighted by Crippen LogP contribution is -2.30. The van der Waals surface area contributed by atoms with Crippen molar-refractivity contribution in [3.05, 3.63) is 59.2 Å². The van der Waals surface area contributed by atoms with Crippen molar-refractivity contribution in [3.8, 4) is 11.5 Å². The average Bonchev–Trinajstić information content (AvgIpc) is 2.46. The Bertz CT molecular complexity index is 578. The zero-order valence-corrected chi connectivity index (χ0v) is 10.9. The smallest absolute Gasteiger partial charge is 0.118 e. The van der Waals surface area contributed by atoms with Crippen molar-refractivity contribution in [2.75, 3.05) is 13.7 Å². The first-order valence-electron chi connectivity index (χ1n) is 6.47. The van der Waals surface area contributed by atoms with Gasteiger partial charge in [-0.3, -0.25) is 0 Å². The van der Waals surface area contributed by atoms with Gasteiger partial charge >= 0.3 is 0 Å². The van der Waals surface area contributed by atoms with E-state index in [9.17, 15) is 5.11 Å². The molecule has 2 aromatic carbocycles. The molecule has 2 aromatic rings. The van der Waals surface area contributed by atoms with Gasteiger partial charge in [0.15, 0.2) is 0 Å². The molecule has 0 bridgehead atoms. The molecule has 3 heteroatoms. The second kappa shape index (κ2) is 4.94. The quantitative estimate of drug-likeness (QED) is 0.866. The molecular formula is C16H17NO2. The molecule has 19 heavy (non-hydrogen) atoms. The van der Waals surface area contributed by atoms with Crippen molar-refractivity contribution in [1.29, 1.82) is 0 Å². The SMILES string of the molecule is COc1ccc(C2NCCc3cc(O)ccc32)cc1. The van der Waals surface area contributed by atoms with Crippen molar-refractivity contribution >= 4 is 0 Å². The highest BCUT2D eigenvalue weighted by Crippen LogP contribution is 2.31. The van der Waals surface area contributed by atoms with E-state index in [1.807, 2.05) is 24.3 Å². The van der Waals surface area contributed by atoms with E-state index >= 15 is 0 Å². The van der Waals surface area contributed by atoms with Gasteiger partial charge in [0, 0.05) is 6.54 Å². The molecule has 0 amide bonds. The van der Waals surface area contributed by atoms with Gasteiger partial charge in [0.25, 0.3) is 0 Å². The van der Waals surface area contributed by atoms with Crippen molar-refractivity contribution in [1.82, 2.24) is 5.32 Å². The highest BCUT2D eigenvalue weighted by atomic mass is 16.5. The largest absolute Gasteiger partial charge is 0.508 e. The molecule has 98 valence electrons. The Morgan fingerprint density at radius 3 is 2.68 bits per heavy atom.